The molecule has 1 fully saturated rings. The van der Waals surface area contributed by atoms with Crippen LogP contribution in [0.4, 0.5) is 0 Å². The Hall–Kier alpha value is -3.54. The zero-order chi connectivity index (χ0) is 22.5. The lowest BCUT2D eigenvalue weighted by molar-refractivity contribution is -0.132. The Morgan fingerprint density at radius 1 is 1.16 bits per heavy atom. The van der Waals surface area contributed by atoms with E-state index < -0.39 is 10.0 Å². The molecule has 0 spiro atoms. The summed E-state index contributed by atoms with van der Waals surface area (Å²) in [4.78, 5) is 35.8. The number of nitrogens with zero attached hydrogens (tertiary/aromatic N) is 6. The first-order chi connectivity index (χ1) is 15.3. The van der Waals surface area contributed by atoms with Gasteiger partial charge in [-0.15, -0.1) is 4.40 Å². The molecule has 0 saturated carbocycles. The molecule has 0 atom stereocenters. The molecule has 4 heterocycles. The first-order valence-electron chi connectivity index (χ1n) is 10.2. The number of fused-ring (bicyclic) bond motifs is 2. The fourth-order valence-electron chi connectivity index (χ4n) is 4.06. The van der Waals surface area contributed by atoms with Crippen LogP contribution in [0.3, 0.4) is 0 Å². The van der Waals surface area contributed by atoms with Crippen LogP contribution in [0.1, 0.15) is 17.8 Å². The van der Waals surface area contributed by atoms with E-state index in [9.17, 15) is 18.0 Å². The third kappa shape index (κ3) is 3.45. The molecule has 0 radical (unpaired) electrons. The van der Waals surface area contributed by atoms with Crippen LogP contribution < -0.4 is 5.56 Å². The van der Waals surface area contributed by atoms with E-state index in [4.69, 9.17) is 0 Å². The van der Waals surface area contributed by atoms with E-state index in [1.54, 1.807) is 36.2 Å². The molecule has 1 amide bonds. The summed E-state index contributed by atoms with van der Waals surface area (Å²) in [5.74, 6) is 0.845. The minimum Gasteiger partial charge on any atom is -0.352 e. The average molecular weight is 456 g/mol. The molecule has 11 nitrogen and oxygen atoms in total. The van der Waals surface area contributed by atoms with Crippen molar-refractivity contribution >= 4 is 32.8 Å². The Balaban J connectivity index is 1.22. The molecule has 2 aliphatic heterocycles. The van der Waals surface area contributed by atoms with Gasteiger partial charge in [0.1, 0.15) is 16.1 Å². The monoisotopic (exact) mass is 455 g/mol. The number of benzene rings is 1. The maximum Gasteiger partial charge on any atom is 0.285 e. The van der Waals surface area contributed by atoms with Gasteiger partial charge in [0, 0.05) is 51.6 Å². The second-order valence-electron chi connectivity index (χ2n) is 7.77. The summed E-state index contributed by atoms with van der Waals surface area (Å²) in [6.07, 6.45) is 1.99. The van der Waals surface area contributed by atoms with E-state index in [0.29, 0.717) is 60.9 Å². The number of sulfonamides is 1. The highest BCUT2D eigenvalue weighted by molar-refractivity contribution is 7.90. The summed E-state index contributed by atoms with van der Waals surface area (Å²) in [7, 11) is -1.96. The van der Waals surface area contributed by atoms with Crippen LogP contribution in [0, 0.1) is 0 Å². The molecule has 0 bridgehead atoms. The van der Waals surface area contributed by atoms with Gasteiger partial charge in [-0.3, -0.25) is 14.3 Å². The second kappa shape index (κ2) is 7.55. The summed E-state index contributed by atoms with van der Waals surface area (Å²) in [6.45, 7) is 1.91. The lowest BCUT2D eigenvalue weighted by atomic mass is 10.1. The summed E-state index contributed by atoms with van der Waals surface area (Å²) in [6, 6.07) is 6.78. The van der Waals surface area contributed by atoms with Gasteiger partial charge in [-0.2, -0.15) is 13.5 Å². The number of rotatable bonds is 3. The first-order valence-corrected chi connectivity index (χ1v) is 11.7. The van der Waals surface area contributed by atoms with Gasteiger partial charge in [0.25, 0.3) is 15.6 Å². The Labute approximate surface area is 183 Å². The first kappa shape index (κ1) is 20.4. The SMILES string of the molecule is Cn1ncc2c(=O)[nH]c(CCC(=O)N3CCN(C4=NS(=O)(=O)c5ccccc54)CC3)nc21. The smallest absolute Gasteiger partial charge is 0.285 e. The number of carbonyl (C=O) groups is 1. The highest BCUT2D eigenvalue weighted by Gasteiger charge is 2.33. The third-order valence-electron chi connectivity index (χ3n) is 5.77. The number of nitrogens with one attached hydrogen (secondary N) is 1. The maximum absolute atomic E-state index is 12.7. The van der Waals surface area contributed by atoms with Crippen molar-refractivity contribution in [1.82, 2.24) is 29.5 Å². The van der Waals surface area contributed by atoms with E-state index in [2.05, 4.69) is 19.5 Å². The molecule has 2 aromatic heterocycles. The average Bonchev–Trinajstić information content (AvgIpc) is 3.30. The minimum absolute atomic E-state index is 0.0428. The van der Waals surface area contributed by atoms with E-state index in [-0.39, 0.29) is 22.8 Å². The van der Waals surface area contributed by atoms with Gasteiger partial charge in [-0.1, -0.05) is 12.1 Å². The summed E-state index contributed by atoms with van der Waals surface area (Å²) >= 11 is 0. The number of amidine groups is 1. The quantitative estimate of drug-likeness (QED) is 0.582. The molecule has 1 saturated heterocycles. The number of aromatic nitrogens is 4. The number of aromatic amines is 1. The standard InChI is InChI=1S/C20H21N7O4S/c1-25-18-14(12-21-25)20(29)23-16(22-18)6-7-17(28)26-8-10-27(11-9-26)19-13-4-2-3-5-15(13)32(30,31)24-19/h2-5,12H,6-11H2,1H3,(H,22,23,29). The van der Waals surface area contributed by atoms with E-state index in [1.165, 1.54) is 10.9 Å². The van der Waals surface area contributed by atoms with Crippen LogP contribution in [0.15, 0.2) is 44.6 Å². The van der Waals surface area contributed by atoms with E-state index in [1.807, 2.05) is 4.90 Å². The molecular formula is C20H21N7O4S. The third-order valence-corrected chi connectivity index (χ3v) is 7.10. The maximum atomic E-state index is 12.7. The van der Waals surface area contributed by atoms with Gasteiger partial charge in [0.05, 0.1) is 6.20 Å². The van der Waals surface area contributed by atoms with Gasteiger partial charge in [-0.05, 0) is 12.1 Å². The molecule has 2 aliphatic rings. The molecule has 0 aliphatic carbocycles. The van der Waals surface area contributed by atoms with Gasteiger partial charge < -0.3 is 14.8 Å². The van der Waals surface area contributed by atoms with E-state index >= 15 is 0 Å². The Morgan fingerprint density at radius 2 is 1.91 bits per heavy atom. The fraction of sp³-hybridized carbons (Fsp3) is 0.350. The molecular weight excluding hydrogens is 434 g/mol. The largest absolute Gasteiger partial charge is 0.352 e. The lowest BCUT2D eigenvalue weighted by Crippen LogP contribution is -2.50. The zero-order valence-electron chi connectivity index (χ0n) is 17.4. The van der Waals surface area contributed by atoms with Crippen molar-refractivity contribution in [3.63, 3.8) is 0 Å². The summed E-state index contributed by atoms with van der Waals surface area (Å²) < 4.78 is 30.1. The van der Waals surface area contributed by atoms with Crippen LogP contribution in [0.2, 0.25) is 0 Å². The number of hydrogen-bond donors (Lipinski definition) is 1. The number of aryl methyl sites for hydroxylation is 2. The highest BCUT2D eigenvalue weighted by Crippen LogP contribution is 2.27. The predicted octanol–water partition coefficient (Wildman–Crippen LogP) is -0.117. The topological polar surface area (TPSA) is 134 Å². The summed E-state index contributed by atoms with van der Waals surface area (Å²) in [5, 5.41) is 4.45. The second-order valence-corrected chi connectivity index (χ2v) is 9.34. The molecule has 5 rings (SSSR count). The van der Waals surface area contributed by atoms with Crippen molar-refractivity contribution in [2.45, 2.75) is 17.7 Å². The summed E-state index contributed by atoms with van der Waals surface area (Å²) in [5.41, 5.74) is 0.817. The van der Waals surface area contributed by atoms with Gasteiger partial charge in [0.2, 0.25) is 5.91 Å². The van der Waals surface area contributed by atoms with Crippen LogP contribution in [0.5, 0.6) is 0 Å². The molecule has 32 heavy (non-hydrogen) atoms. The van der Waals surface area contributed by atoms with Crippen molar-refractivity contribution in [2.24, 2.45) is 11.4 Å². The number of carbonyl (C=O) groups excluding carboxylic acids is 1. The van der Waals surface area contributed by atoms with Crippen LogP contribution >= 0.6 is 0 Å². The molecule has 3 aromatic rings. The Morgan fingerprint density at radius 3 is 2.69 bits per heavy atom. The minimum atomic E-state index is -3.67. The van der Waals surface area contributed by atoms with Crippen molar-refractivity contribution < 1.29 is 13.2 Å². The number of piperazine rings is 1. The van der Waals surface area contributed by atoms with Crippen LogP contribution in [0.25, 0.3) is 11.0 Å². The van der Waals surface area contributed by atoms with Crippen molar-refractivity contribution in [3.05, 3.63) is 52.2 Å². The number of hydrogen-bond acceptors (Lipinski definition) is 7. The lowest BCUT2D eigenvalue weighted by Gasteiger charge is -2.35. The zero-order valence-corrected chi connectivity index (χ0v) is 18.2. The Kier molecular flexibility index (Phi) is 4.81. The number of amides is 1. The Bertz CT molecular complexity index is 1420. The molecule has 166 valence electrons. The molecule has 1 N–H and O–H groups in total. The molecule has 1 aromatic carbocycles. The molecule has 12 heteroatoms. The van der Waals surface area contributed by atoms with E-state index in [0.717, 1.165) is 0 Å². The van der Waals surface area contributed by atoms with Crippen molar-refractivity contribution in [2.75, 3.05) is 26.2 Å². The van der Waals surface area contributed by atoms with Crippen molar-refractivity contribution in [1.29, 1.82) is 0 Å². The van der Waals surface area contributed by atoms with Crippen LogP contribution in [-0.4, -0.2) is 75.9 Å². The van der Waals surface area contributed by atoms with Gasteiger partial charge in [-0.25, -0.2) is 4.98 Å². The van der Waals surface area contributed by atoms with Gasteiger partial charge >= 0.3 is 0 Å². The fourth-order valence-corrected chi connectivity index (χ4v) is 5.29. The van der Waals surface area contributed by atoms with Crippen molar-refractivity contribution in [3.8, 4) is 0 Å². The normalized spacial score (nSPS) is 17.5. The predicted molar refractivity (Wildman–Crippen MR) is 116 cm³/mol. The van der Waals surface area contributed by atoms with Gasteiger partial charge in [0.15, 0.2) is 11.5 Å². The molecule has 0 unspecified atom stereocenters. The van der Waals surface area contributed by atoms with Crippen LogP contribution in [-0.2, 0) is 28.3 Å². The number of H-pyrrole nitrogens is 1. The highest BCUT2D eigenvalue weighted by atomic mass is 32.2.